The molecule has 0 aliphatic carbocycles. The predicted octanol–water partition coefficient (Wildman–Crippen LogP) is 2.99. The van der Waals surface area contributed by atoms with Gasteiger partial charge in [-0.25, -0.2) is 4.68 Å². The van der Waals surface area contributed by atoms with Crippen LogP contribution in [0, 0.1) is 0 Å². The van der Waals surface area contributed by atoms with Crippen LogP contribution in [0.3, 0.4) is 0 Å². The van der Waals surface area contributed by atoms with Gasteiger partial charge in [0.2, 0.25) is 0 Å². The summed E-state index contributed by atoms with van der Waals surface area (Å²) in [7, 11) is 1.91. The van der Waals surface area contributed by atoms with E-state index in [2.05, 4.69) is 26.3 Å². The van der Waals surface area contributed by atoms with Crippen molar-refractivity contribution in [2.45, 2.75) is 43.8 Å². The van der Waals surface area contributed by atoms with Gasteiger partial charge < -0.3 is 10.2 Å². The molecule has 0 spiro atoms. The van der Waals surface area contributed by atoms with Crippen LogP contribution in [0.25, 0.3) is 5.69 Å². The van der Waals surface area contributed by atoms with Gasteiger partial charge >= 0.3 is 0 Å². The van der Waals surface area contributed by atoms with Crippen molar-refractivity contribution >= 4 is 21.8 Å². The molecule has 2 unspecified atom stereocenters. The number of piperidine rings is 1. The normalized spacial score (nSPS) is 25.7. The molecule has 6 heteroatoms. The molecule has 5 nitrogen and oxygen atoms in total. The van der Waals surface area contributed by atoms with Gasteiger partial charge in [0.05, 0.1) is 5.69 Å². The first-order valence-corrected chi connectivity index (χ1v) is 9.24. The number of nitrogens with zero attached hydrogens (tertiary/aromatic N) is 3. The van der Waals surface area contributed by atoms with E-state index in [9.17, 15) is 4.79 Å². The third kappa shape index (κ3) is 3.00. The topological polar surface area (TPSA) is 50.2 Å². The van der Waals surface area contributed by atoms with Crippen molar-refractivity contribution in [2.75, 3.05) is 7.05 Å². The van der Waals surface area contributed by atoms with Gasteiger partial charge in [-0.15, -0.1) is 0 Å². The molecule has 2 atom stereocenters. The summed E-state index contributed by atoms with van der Waals surface area (Å²) in [6, 6.07) is 11.1. The number of hydrogen-bond acceptors (Lipinski definition) is 3. The minimum atomic E-state index is 0.00930. The molecule has 4 rings (SSSR count). The van der Waals surface area contributed by atoms with Gasteiger partial charge in [0, 0.05) is 35.8 Å². The Balaban J connectivity index is 1.50. The van der Waals surface area contributed by atoms with Crippen molar-refractivity contribution in [3.8, 4) is 5.69 Å². The highest BCUT2D eigenvalue weighted by Gasteiger charge is 2.36. The number of nitrogens with one attached hydrogen (secondary N) is 1. The number of benzene rings is 1. The average molecular weight is 389 g/mol. The summed E-state index contributed by atoms with van der Waals surface area (Å²) in [4.78, 5) is 14.7. The summed E-state index contributed by atoms with van der Waals surface area (Å²) in [6.45, 7) is 0. The molecule has 2 aliphatic heterocycles. The van der Waals surface area contributed by atoms with E-state index < -0.39 is 0 Å². The van der Waals surface area contributed by atoms with Crippen LogP contribution in [-0.2, 0) is 0 Å². The van der Waals surface area contributed by atoms with Crippen molar-refractivity contribution < 1.29 is 4.79 Å². The zero-order chi connectivity index (χ0) is 16.7. The van der Waals surface area contributed by atoms with Crippen molar-refractivity contribution in [2.24, 2.45) is 0 Å². The fourth-order valence-electron chi connectivity index (χ4n) is 3.89. The Kier molecular flexibility index (Phi) is 4.18. The van der Waals surface area contributed by atoms with Gasteiger partial charge in [-0.3, -0.25) is 4.79 Å². The van der Waals surface area contributed by atoms with Crippen LogP contribution in [0.4, 0.5) is 0 Å². The Hall–Kier alpha value is -1.66. The van der Waals surface area contributed by atoms with E-state index in [1.165, 1.54) is 12.8 Å². The lowest BCUT2D eigenvalue weighted by molar-refractivity contribution is 0.0675. The number of hydrogen-bond donors (Lipinski definition) is 1. The molecule has 1 amide bonds. The smallest absolute Gasteiger partial charge is 0.274 e. The second-order valence-corrected chi connectivity index (χ2v) is 7.72. The third-order valence-electron chi connectivity index (χ3n) is 5.20. The zero-order valence-corrected chi connectivity index (χ0v) is 15.2. The minimum absolute atomic E-state index is 0.00930. The Morgan fingerprint density at radius 3 is 2.75 bits per heavy atom. The molecule has 3 heterocycles. The molecule has 1 N–H and O–H groups in total. The number of carbonyl (C=O) groups is 1. The number of halogens is 1. The van der Waals surface area contributed by atoms with Gasteiger partial charge in [0.25, 0.3) is 5.91 Å². The average Bonchev–Trinajstić information content (AvgIpc) is 3.20. The molecule has 2 fully saturated rings. The van der Waals surface area contributed by atoms with Crippen LogP contribution in [-0.4, -0.2) is 45.8 Å². The summed E-state index contributed by atoms with van der Waals surface area (Å²) < 4.78 is 2.74. The minimum Gasteiger partial charge on any atom is -0.337 e. The van der Waals surface area contributed by atoms with Crippen molar-refractivity contribution in [3.63, 3.8) is 0 Å². The summed E-state index contributed by atoms with van der Waals surface area (Å²) >= 11 is 3.47. The summed E-state index contributed by atoms with van der Waals surface area (Å²) in [5.74, 6) is 0.00930. The van der Waals surface area contributed by atoms with Crippen molar-refractivity contribution in [1.29, 1.82) is 0 Å². The molecule has 1 aromatic heterocycles. The molecular formula is C18H21BrN4O. The van der Waals surface area contributed by atoms with E-state index in [4.69, 9.17) is 0 Å². The Labute approximate surface area is 150 Å². The Bertz CT molecular complexity index is 747. The van der Waals surface area contributed by atoms with E-state index in [0.717, 1.165) is 23.0 Å². The fraction of sp³-hybridized carbons (Fsp3) is 0.444. The lowest BCUT2D eigenvalue weighted by atomic mass is 9.98. The predicted molar refractivity (Wildman–Crippen MR) is 96.3 cm³/mol. The molecule has 0 radical (unpaired) electrons. The van der Waals surface area contributed by atoms with Crippen LogP contribution in [0.15, 0.2) is 41.0 Å². The Morgan fingerprint density at radius 1 is 1.29 bits per heavy atom. The number of fused-ring (bicyclic) bond motifs is 2. The summed E-state index contributed by atoms with van der Waals surface area (Å²) in [5, 5.41) is 8.10. The second kappa shape index (κ2) is 6.33. The van der Waals surface area contributed by atoms with Crippen molar-refractivity contribution in [3.05, 3.63) is 46.7 Å². The standard InChI is InChI=1S/C18H21BrN4O/c1-22(16-10-13-5-6-14(11-16)20-13)18(24)17-7-8-23(21-17)15-4-2-3-12(19)9-15/h2-4,7-9,13-14,16,20H,5-6,10-11H2,1H3. The first-order chi connectivity index (χ1) is 11.6. The van der Waals surface area contributed by atoms with Gasteiger partial charge in [0.15, 0.2) is 5.69 Å². The third-order valence-corrected chi connectivity index (χ3v) is 5.69. The van der Waals surface area contributed by atoms with Crippen LogP contribution in [0.1, 0.15) is 36.2 Å². The highest BCUT2D eigenvalue weighted by Crippen LogP contribution is 2.29. The molecule has 2 bridgehead atoms. The van der Waals surface area contributed by atoms with Crippen LogP contribution >= 0.6 is 15.9 Å². The number of amides is 1. The number of rotatable bonds is 3. The highest BCUT2D eigenvalue weighted by atomic mass is 79.9. The van der Waals surface area contributed by atoms with Crippen molar-refractivity contribution in [1.82, 2.24) is 20.0 Å². The molecular weight excluding hydrogens is 368 g/mol. The number of aromatic nitrogens is 2. The van der Waals surface area contributed by atoms with E-state index in [-0.39, 0.29) is 5.91 Å². The van der Waals surface area contributed by atoms with Gasteiger partial charge in [-0.2, -0.15) is 5.10 Å². The molecule has 2 aromatic rings. The Morgan fingerprint density at radius 2 is 2.04 bits per heavy atom. The molecule has 0 saturated carbocycles. The van der Waals surface area contributed by atoms with Crippen LogP contribution in [0.2, 0.25) is 0 Å². The monoisotopic (exact) mass is 388 g/mol. The molecule has 1 aromatic carbocycles. The summed E-state index contributed by atoms with van der Waals surface area (Å²) in [5.41, 5.74) is 1.44. The number of carbonyl (C=O) groups excluding carboxylic acids is 1. The first-order valence-electron chi connectivity index (χ1n) is 8.45. The van der Waals surface area contributed by atoms with E-state index in [1.54, 1.807) is 10.7 Å². The largest absolute Gasteiger partial charge is 0.337 e. The van der Waals surface area contributed by atoms with E-state index >= 15 is 0 Å². The van der Waals surface area contributed by atoms with Crippen LogP contribution in [0.5, 0.6) is 0 Å². The van der Waals surface area contributed by atoms with Gasteiger partial charge in [-0.1, -0.05) is 22.0 Å². The molecule has 126 valence electrons. The quantitative estimate of drug-likeness (QED) is 0.878. The van der Waals surface area contributed by atoms with E-state index in [0.29, 0.717) is 23.8 Å². The molecule has 24 heavy (non-hydrogen) atoms. The second-order valence-electron chi connectivity index (χ2n) is 6.80. The van der Waals surface area contributed by atoms with E-state index in [1.807, 2.05) is 42.4 Å². The lowest BCUT2D eigenvalue weighted by Crippen LogP contribution is -2.48. The zero-order valence-electron chi connectivity index (χ0n) is 13.7. The SMILES string of the molecule is CN(C(=O)c1ccn(-c2cccc(Br)c2)n1)C1CC2CCC(C1)N2. The molecule has 2 aliphatic rings. The fourth-order valence-corrected chi connectivity index (χ4v) is 4.28. The maximum absolute atomic E-state index is 12.8. The van der Waals surface area contributed by atoms with Gasteiger partial charge in [-0.05, 0) is 49.9 Å². The lowest BCUT2D eigenvalue weighted by Gasteiger charge is -2.35. The molecule has 2 saturated heterocycles. The maximum Gasteiger partial charge on any atom is 0.274 e. The highest BCUT2D eigenvalue weighted by molar-refractivity contribution is 9.10. The maximum atomic E-state index is 12.8. The summed E-state index contributed by atoms with van der Waals surface area (Å²) in [6.07, 6.45) is 6.41. The van der Waals surface area contributed by atoms with Crippen LogP contribution < -0.4 is 5.32 Å². The van der Waals surface area contributed by atoms with Gasteiger partial charge in [0.1, 0.15) is 0 Å². The first kappa shape index (κ1) is 15.8.